The number of hydrogen-bond donors (Lipinski definition) is 1. The maximum Gasteiger partial charge on any atom is 0.265 e. The van der Waals surface area contributed by atoms with Crippen LogP contribution in [0.5, 0.6) is 0 Å². The van der Waals surface area contributed by atoms with E-state index in [1.165, 1.54) is 11.3 Å². The van der Waals surface area contributed by atoms with Crippen molar-refractivity contribution in [3.63, 3.8) is 0 Å². The van der Waals surface area contributed by atoms with Crippen LogP contribution in [-0.2, 0) is 12.8 Å². The molecule has 0 aliphatic rings. The minimum absolute atomic E-state index is 0.113. The van der Waals surface area contributed by atoms with Gasteiger partial charge in [-0.1, -0.05) is 31.5 Å². The average molecular weight is 452 g/mol. The van der Waals surface area contributed by atoms with Gasteiger partial charge in [0.2, 0.25) is 0 Å². The smallest absolute Gasteiger partial charge is 0.265 e. The minimum atomic E-state index is -0.113. The highest BCUT2D eigenvalue weighted by Gasteiger charge is 2.16. The first-order chi connectivity index (χ1) is 9.97. The van der Waals surface area contributed by atoms with Crippen molar-refractivity contribution >= 4 is 66.4 Å². The zero-order valence-electron chi connectivity index (χ0n) is 11.6. The van der Waals surface area contributed by atoms with Crippen molar-refractivity contribution in [3.8, 4) is 0 Å². The first-order valence-electron chi connectivity index (χ1n) is 6.54. The van der Waals surface area contributed by atoms with Gasteiger partial charge in [0.15, 0.2) is 0 Å². The molecule has 1 aromatic heterocycles. The van der Waals surface area contributed by atoms with E-state index in [9.17, 15) is 4.79 Å². The molecule has 112 valence electrons. The summed E-state index contributed by atoms with van der Waals surface area (Å²) in [5, 5.41) is 3.72. The van der Waals surface area contributed by atoms with Crippen molar-refractivity contribution in [1.29, 1.82) is 0 Å². The molecule has 0 saturated heterocycles. The number of anilines is 1. The number of hydrogen-bond acceptors (Lipinski definition) is 2. The lowest BCUT2D eigenvalue weighted by Gasteiger charge is -2.15. The SMILES string of the molecule is CCc1ccc(Cl)c(CC)c1NC(=O)c1cc(Br)c(Br)s1. The van der Waals surface area contributed by atoms with Crippen LogP contribution in [0.1, 0.15) is 34.6 Å². The summed E-state index contributed by atoms with van der Waals surface area (Å²) in [6.07, 6.45) is 1.62. The van der Waals surface area contributed by atoms with Gasteiger partial charge in [-0.05, 0) is 68.0 Å². The predicted molar refractivity (Wildman–Crippen MR) is 97.9 cm³/mol. The monoisotopic (exact) mass is 449 g/mol. The second kappa shape index (κ2) is 7.27. The number of thiophene rings is 1. The van der Waals surface area contributed by atoms with Gasteiger partial charge in [-0.3, -0.25) is 4.79 Å². The van der Waals surface area contributed by atoms with Crippen LogP contribution in [-0.4, -0.2) is 5.91 Å². The minimum Gasteiger partial charge on any atom is -0.321 e. The number of carbonyl (C=O) groups is 1. The molecule has 0 unspecified atom stereocenters. The Morgan fingerprint density at radius 2 is 2.00 bits per heavy atom. The Morgan fingerprint density at radius 1 is 1.29 bits per heavy atom. The van der Waals surface area contributed by atoms with Gasteiger partial charge in [0.1, 0.15) is 0 Å². The first-order valence-corrected chi connectivity index (χ1v) is 9.32. The summed E-state index contributed by atoms with van der Waals surface area (Å²) < 4.78 is 1.79. The topological polar surface area (TPSA) is 29.1 Å². The number of amides is 1. The summed E-state index contributed by atoms with van der Waals surface area (Å²) in [4.78, 5) is 13.1. The number of aryl methyl sites for hydroxylation is 1. The summed E-state index contributed by atoms with van der Waals surface area (Å²) in [5.41, 5.74) is 2.93. The Balaban J connectivity index is 2.38. The third-order valence-corrected chi connectivity index (χ3v) is 6.79. The first kappa shape index (κ1) is 17.0. The molecule has 1 aromatic carbocycles. The Kier molecular flexibility index (Phi) is 5.88. The van der Waals surface area contributed by atoms with E-state index in [2.05, 4.69) is 44.1 Å². The molecule has 0 aliphatic heterocycles. The van der Waals surface area contributed by atoms with E-state index in [4.69, 9.17) is 11.6 Å². The van der Waals surface area contributed by atoms with Gasteiger partial charge in [-0.15, -0.1) is 11.3 Å². The van der Waals surface area contributed by atoms with E-state index < -0.39 is 0 Å². The van der Waals surface area contributed by atoms with Gasteiger partial charge in [0.25, 0.3) is 5.91 Å². The molecule has 0 saturated carbocycles. The summed E-state index contributed by atoms with van der Waals surface area (Å²) in [5.74, 6) is -0.113. The number of benzene rings is 1. The second-order valence-electron chi connectivity index (χ2n) is 4.45. The van der Waals surface area contributed by atoms with E-state index in [1.807, 2.05) is 25.1 Å². The van der Waals surface area contributed by atoms with E-state index in [0.717, 1.165) is 37.9 Å². The number of rotatable bonds is 4. The quantitative estimate of drug-likeness (QED) is 0.580. The van der Waals surface area contributed by atoms with Crippen LogP contribution < -0.4 is 5.32 Å². The number of carbonyl (C=O) groups excluding carboxylic acids is 1. The van der Waals surface area contributed by atoms with Crippen LogP contribution >= 0.6 is 54.8 Å². The van der Waals surface area contributed by atoms with Gasteiger partial charge in [-0.25, -0.2) is 0 Å². The molecule has 0 atom stereocenters. The Labute approximate surface area is 150 Å². The molecule has 1 heterocycles. The second-order valence-corrected chi connectivity index (χ2v) is 8.09. The van der Waals surface area contributed by atoms with Crippen molar-refractivity contribution in [2.45, 2.75) is 26.7 Å². The highest BCUT2D eigenvalue weighted by molar-refractivity contribution is 9.13. The van der Waals surface area contributed by atoms with Crippen LogP contribution in [0.4, 0.5) is 5.69 Å². The molecule has 2 aromatic rings. The molecule has 6 heteroatoms. The van der Waals surface area contributed by atoms with Crippen molar-refractivity contribution in [1.82, 2.24) is 0 Å². The average Bonchev–Trinajstić information content (AvgIpc) is 2.79. The predicted octanol–water partition coefficient (Wildman–Crippen LogP) is 6.30. The Morgan fingerprint density at radius 3 is 2.52 bits per heavy atom. The summed E-state index contributed by atoms with van der Waals surface area (Å²) in [6.45, 7) is 4.10. The molecule has 1 amide bonds. The van der Waals surface area contributed by atoms with Crippen LogP contribution in [0, 0.1) is 0 Å². The van der Waals surface area contributed by atoms with Crippen LogP contribution in [0.2, 0.25) is 5.02 Å². The lowest BCUT2D eigenvalue weighted by atomic mass is 10.0. The van der Waals surface area contributed by atoms with E-state index >= 15 is 0 Å². The maximum absolute atomic E-state index is 12.4. The zero-order valence-corrected chi connectivity index (χ0v) is 16.3. The summed E-state index contributed by atoms with van der Waals surface area (Å²) in [7, 11) is 0. The highest BCUT2D eigenvalue weighted by atomic mass is 79.9. The highest BCUT2D eigenvalue weighted by Crippen LogP contribution is 2.34. The van der Waals surface area contributed by atoms with E-state index in [0.29, 0.717) is 9.90 Å². The lowest BCUT2D eigenvalue weighted by Crippen LogP contribution is -2.13. The fourth-order valence-electron chi connectivity index (χ4n) is 2.10. The zero-order chi connectivity index (χ0) is 15.6. The van der Waals surface area contributed by atoms with Gasteiger partial charge in [0.05, 0.1) is 8.66 Å². The van der Waals surface area contributed by atoms with Gasteiger partial charge in [0, 0.05) is 15.2 Å². The summed E-state index contributed by atoms with van der Waals surface area (Å²) >= 11 is 14.5. The van der Waals surface area contributed by atoms with E-state index in [-0.39, 0.29) is 5.91 Å². The largest absolute Gasteiger partial charge is 0.321 e. The molecule has 0 spiro atoms. The van der Waals surface area contributed by atoms with Crippen molar-refractivity contribution in [2.24, 2.45) is 0 Å². The Bertz CT molecular complexity index is 665. The molecule has 1 N–H and O–H groups in total. The van der Waals surface area contributed by atoms with Crippen LogP contribution in [0.15, 0.2) is 26.5 Å². The third kappa shape index (κ3) is 3.70. The molecule has 2 rings (SSSR count). The number of halogens is 3. The Hall–Kier alpha value is -0.360. The van der Waals surface area contributed by atoms with Crippen molar-refractivity contribution < 1.29 is 4.79 Å². The molecule has 0 aliphatic carbocycles. The standard InChI is InChI=1S/C15H14Br2ClNOS/c1-3-8-5-6-11(18)9(4-2)13(8)19-15(20)12-7-10(16)14(17)21-12/h5-7H,3-4H2,1-2H3,(H,19,20). The molecule has 21 heavy (non-hydrogen) atoms. The fraction of sp³-hybridized carbons (Fsp3) is 0.267. The molecule has 0 fully saturated rings. The van der Waals surface area contributed by atoms with Gasteiger partial charge >= 0.3 is 0 Å². The molecular weight excluding hydrogens is 437 g/mol. The molecular formula is C15H14Br2ClNOS. The fourth-order valence-corrected chi connectivity index (χ4v) is 4.32. The maximum atomic E-state index is 12.4. The van der Waals surface area contributed by atoms with Crippen molar-refractivity contribution in [3.05, 3.63) is 47.5 Å². The summed E-state index contributed by atoms with van der Waals surface area (Å²) in [6, 6.07) is 5.68. The normalized spacial score (nSPS) is 10.7. The lowest BCUT2D eigenvalue weighted by molar-refractivity contribution is 0.103. The van der Waals surface area contributed by atoms with Gasteiger partial charge < -0.3 is 5.32 Å². The molecule has 0 bridgehead atoms. The molecule has 2 nitrogen and oxygen atoms in total. The molecule has 0 radical (unpaired) electrons. The third-order valence-electron chi connectivity index (χ3n) is 3.18. The van der Waals surface area contributed by atoms with Crippen LogP contribution in [0.3, 0.4) is 0 Å². The number of nitrogens with one attached hydrogen (secondary N) is 1. The van der Waals surface area contributed by atoms with Gasteiger partial charge in [-0.2, -0.15) is 0 Å². The van der Waals surface area contributed by atoms with Crippen molar-refractivity contribution in [2.75, 3.05) is 5.32 Å². The van der Waals surface area contributed by atoms with Crippen LogP contribution in [0.25, 0.3) is 0 Å². The van der Waals surface area contributed by atoms with E-state index in [1.54, 1.807) is 0 Å².